The van der Waals surface area contributed by atoms with Crippen LogP contribution in [0.5, 0.6) is 0 Å². The Labute approximate surface area is 163 Å². The fourth-order valence-electron chi connectivity index (χ4n) is 2.69. The predicted molar refractivity (Wildman–Crippen MR) is 104 cm³/mol. The molecule has 0 unspecified atom stereocenters. The van der Waals surface area contributed by atoms with Crippen LogP contribution in [0.25, 0.3) is 0 Å². The minimum atomic E-state index is -1.06. The lowest BCUT2D eigenvalue weighted by molar-refractivity contribution is -0.149. The van der Waals surface area contributed by atoms with E-state index >= 15 is 0 Å². The monoisotopic (exact) mass is 385 g/mol. The van der Waals surface area contributed by atoms with Gasteiger partial charge in [0.15, 0.2) is 6.10 Å². The number of hydrogen-bond donors (Lipinski definition) is 1. The first-order valence-corrected chi connectivity index (χ1v) is 9.07. The largest absolute Gasteiger partial charge is 0.453 e. The van der Waals surface area contributed by atoms with Gasteiger partial charge in [0.1, 0.15) is 11.9 Å². The van der Waals surface area contributed by atoms with E-state index in [0.717, 1.165) is 5.56 Å². The Morgan fingerprint density at radius 1 is 0.964 bits per heavy atom. The van der Waals surface area contributed by atoms with E-state index in [4.69, 9.17) is 4.74 Å². The number of aryl methyl sites for hydroxylation is 1. The number of rotatable bonds is 7. The summed E-state index contributed by atoms with van der Waals surface area (Å²) < 4.78 is 18.3. The molecule has 5 nitrogen and oxygen atoms in total. The normalized spacial score (nSPS) is 12.9. The van der Waals surface area contributed by atoms with Crippen molar-refractivity contribution in [3.63, 3.8) is 0 Å². The number of carbonyl (C=O) groups excluding carboxylic acids is 3. The zero-order valence-electron chi connectivity index (χ0n) is 16.4. The number of amides is 1. The highest BCUT2D eigenvalue weighted by molar-refractivity contribution is 6.01. The van der Waals surface area contributed by atoms with Crippen molar-refractivity contribution in [3.05, 3.63) is 71.0 Å². The molecule has 0 aliphatic rings. The molecule has 0 saturated heterocycles. The van der Waals surface area contributed by atoms with Crippen LogP contribution in [0.15, 0.2) is 48.5 Å². The number of ketones is 1. The highest BCUT2D eigenvalue weighted by atomic mass is 19.1. The minimum Gasteiger partial charge on any atom is -0.453 e. The average Bonchev–Trinajstić information content (AvgIpc) is 2.65. The van der Waals surface area contributed by atoms with Crippen LogP contribution in [0, 0.1) is 18.7 Å². The van der Waals surface area contributed by atoms with Crippen molar-refractivity contribution >= 4 is 17.7 Å². The number of halogens is 1. The van der Waals surface area contributed by atoms with Gasteiger partial charge in [0, 0.05) is 11.1 Å². The summed E-state index contributed by atoms with van der Waals surface area (Å²) in [6.07, 6.45) is -1.06. The molecule has 2 aromatic carbocycles. The molecule has 0 spiro atoms. The zero-order valence-corrected chi connectivity index (χ0v) is 16.4. The molecule has 2 rings (SSSR count). The van der Waals surface area contributed by atoms with Gasteiger partial charge in [-0.25, -0.2) is 9.18 Å². The maximum Gasteiger partial charge on any atom is 0.329 e. The molecule has 2 atom stereocenters. The first-order valence-electron chi connectivity index (χ1n) is 9.07. The van der Waals surface area contributed by atoms with E-state index in [2.05, 4.69) is 5.32 Å². The molecule has 0 aliphatic carbocycles. The van der Waals surface area contributed by atoms with Gasteiger partial charge < -0.3 is 10.1 Å². The second-order valence-electron chi connectivity index (χ2n) is 6.96. The summed E-state index contributed by atoms with van der Waals surface area (Å²) in [6, 6.07) is 11.1. The van der Waals surface area contributed by atoms with Crippen molar-refractivity contribution in [2.75, 3.05) is 0 Å². The number of carbonyl (C=O) groups is 3. The standard InChI is InChI=1S/C22H24FNO4/c1-13(2)19(24-21(26)18-8-6-5-7-14(18)3)22(27)28-15(4)20(25)16-9-11-17(23)12-10-16/h5-13,15,19H,1-4H3,(H,24,26)/t15-,19+/m1/s1. The number of hydrogen-bond acceptors (Lipinski definition) is 4. The molecule has 1 amide bonds. The van der Waals surface area contributed by atoms with E-state index < -0.39 is 29.7 Å². The Hall–Kier alpha value is -3.02. The minimum absolute atomic E-state index is 0.242. The summed E-state index contributed by atoms with van der Waals surface area (Å²) in [6.45, 7) is 6.80. The molecule has 1 N–H and O–H groups in total. The molecule has 0 aliphatic heterocycles. The molecule has 148 valence electrons. The molecule has 0 heterocycles. The Balaban J connectivity index is 2.08. The van der Waals surface area contributed by atoms with Gasteiger partial charge >= 0.3 is 5.97 Å². The fourth-order valence-corrected chi connectivity index (χ4v) is 2.69. The van der Waals surface area contributed by atoms with Crippen molar-refractivity contribution in [1.82, 2.24) is 5.32 Å². The maximum atomic E-state index is 13.0. The number of nitrogens with one attached hydrogen (secondary N) is 1. The van der Waals surface area contributed by atoms with Gasteiger partial charge in [0.25, 0.3) is 5.91 Å². The summed E-state index contributed by atoms with van der Waals surface area (Å²) in [4.78, 5) is 37.5. The second-order valence-corrected chi connectivity index (χ2v) is 6.96. The van der Waals surface area contributed by atoms with Crippen molar-refractivity contribution in [2.24, 2.45) is 5.92 Å². The Kier molecular flexibility index (Phi) is 7.04. The smallest absolute Gasteiger partial charge is 0.329 e. The molecule has 0 saturated carbocycles. The lowest BCUT2D eigenvalue weighted by Crippen LogP contribution is -2.46. The summed E-state index contributed by atoms with van der Waals surface area (Å²) >= 11 is 0. The zero-order chi connectivity index (χ0) is 20.8. The average molecular weight is 385 g/mol. The van der Waals surface area contributed by atoms with Crippen molar-refractivity contribution in [3.8, 4) is 0 Å². The third-order valence-electron chi connectivity index (χ3n) is 4.39. The van der Waals surface area contributed by atoms with Gasteiger partial charge in [0.05, 0.1) is 0 Å². The van der Waals surface area contributed by atoms with E-state index in [0.29, 0.717) is 5.56 Å². The highest BCUT2D eigenvalue weighted by Crippen LogP contribution is 2.13. The van der Waals surface area contributed by atoms with Crippen LogP contribution >= 0.6 is 0 Å². The first-order chi connectivity index (χ1) is 13.2. The van der Waals surface area contributed by atoms with Crippen LogP contribution in [-0.4, -0.2) is 29.8 Å². The van der Waals surface area contributed by atoms with Crippen LogP contribution in [0.2, 0.25) is 0 Å². The number of benzene rings is 2. The Morgan fingerprint density at radius 2 is 1.57 bits per heavy atom. The van der Waals surface area contributed by atoms with Gasteiger partial charge in [-0.15, -0.1) is 0 Å². The third-order valence-corrected chi connectivity index (χ3v) is 4.39. The van der Waals surface area contributed by atoms with E-state index in [1.165, 1.54) is 31.2 Å². The van der Waals surface area contributed by atoms with E-state index in [1.807, 2.05) is 6.07 Å². The molecule has 2 aromatic rings. The summed E-state index contributed by atoms with van der Waals surface area (Å²) in [5.74, 6) is -2.22. The van der Waals surface area contributed by atoms with Gasteiger partial charge in [-0.05, 0) is 55.7 Å². The van der Waals surface area contributed by atoms with E-state index in [1.54, 1.807) is 39.0 Å². The highest BCUT2D eigenvalue weighted by Gasteiger charge is 2.29. The molecular formula is C22H24FNO4. The van der Waals surface area contributed by atoms with Crippen molar-refractivity contribution in [1.29, 1.82) is 0 Å². The van der Waals surface area contributed by atoms with Crippen LogP contribution in [0.1, 0.15) is 47.1 Å². The lowest BCUT2D eigenvalue weighted by Gasteiger charge is -2.23. The van der Waals surface area contributed by atoms with E-state index in [-0.39, 0.29) is 17.4 Å². The lowest BCUT2D eigenvalue weighted by atomic mass is 10.0. The van der Waals surface area contributed by atoms with Crippen LogP contribution in [0.3, 0.4) is 0 Å². The van der Waals surface area contributed by atoms with Gasteiger partial charge in [-0.3, -0.25) is 9.59 Å². The Morgan fingerprint density at radius 3 is 2.14 bits per heavy atom. The molecule has 28 heavy (non-hydrogen) atoms. The summed E-state index contributed by atoms with van der Waals surface area (Å²) in [7, 11) is 0. The summed E-state index contributed by atoms with van der Waals surface area (Å²) in [5, 5.41) is 2.69. The predicted octanol–water partition coefficient (Wildman–Crippen LogP) is 3.70. The molecule has 0 fully saturated rings. The number of Topliss-reactive ketones (excluding diaryl/α,β-unsaturated/α-hetero) is 1. The maximum absolute atomic E-state index is 13.0. The van der Waals surface area contributed by atoms with Crippen LogP contribution in [0.4, 0.5) is 4.39 Å². The number of esters is 1. The van der Waals surface area contributed by atoms with E-state index in [9.17, 15) is 18.8 Å². The molecule has 0 aromatic heterocycles. The van der Waals surface area contributed by atoms with Crippen molar-refractivity contribution < 1.29 is 23.5 Å². The Bertz CT molecular complexity index is 861. The molecular weight excluding hydrogens is 361 g/mol. The fraction of sp³-hybridized carbons (Fsp3) is 0.318. The summed E-state index contributed by atoms with van der Waals surface area (Å²) in [5.41, 5.74) is 1.50. The van der Waals surface area contributed by atoms with Crippen LogP contribution in [-0.2, 0) is 9.53 Å². The van der Waals surface area contributed by atoms with Gasteiger partial charge in [-0.1, -0.05) is 32.0 Å². The second kappa shape index (κ2) is 9.26. The molecule has 6 heteroatoms. The topological polar surface area (TPSA) is 72.5 Å². The quantitative estimate of drug-likeness (QED) is 0.583. The number of ether oxygens (including phenoxy) is 1. The third kappa shape index (κ3) is 5.25. The van der Waals surface area contributed by atoms with Gasteiger partial charge in [0.2, 0.25) is 5.78 Å². The van der Waals surface area contributed by atoms with Gasteiger partial charge in [-0.2, -0.15) is 0 Å². The molecule has 0 radical (unpaired) electrons. The first kappa shape index (κ1) is 21.3. The molecule has 0 bridgehead atoms. The van der Waals surface area contributed by atoms with Crippen molar-refractivity contribution in [2.45, 2.75) is 39.8 Å². The van der Waals surface area contributed by atoms with Crippen LogP contribution < -0.4 is 5.32 Å². The SMILES string of the molecule is Cc1ccccc1C(=O)N[C@H](C(=O)O[C@H](C)C(=O)c1ccc(F)cc1)C(C)C.